The van der Waals surface area contributed by atoms with E-state index in [0.29, 0.717) is 5.56 Å². The number of hydrogen-bond donors (Lipinski definition) is 19. The molecule has 2 fully saturated rings. The van der Waals surface area contributed by atoms with Gasteiger partial charge < -0.3 is 110 Å². The van der Waals surface area contributed by atoms with Gasteiger partial charge in [-0.15, -0.1) is 0 Å². The molecule has 4 rings (SSSR count). The number of H-pyrrole nitrogens is 1. The van der Waals surface area contributed by atoms with E-state index in [2.05, 4.69) is 47.2 Å². The number of rotatable bonds is 34. The molecule has 13 atom stereocenters. The van der Waals surface area contributed by atoms with Crippen LogP contribution in [0.4, 0.5) is 0 Å². The number of phenols is 1. The maximum absolute atomic E-state index is 14.5. The Hall–Kier alpha value is -8.90. The van der Waals surface area contributed by atoms with E-state index < -0.39 is 207 Å². The number of carbonyl (C=O) groups is 13. The second-order valence-corrected chi connectivity index (χ2v) is 20.9. The molecular weight excluding hydrogens is 1150 g/mol. The lowest BCUT2D eigenvalue weighted by atomic mass is 10.0. The number of carboxylic acids is 1. The molecule has 0 saturated carbocycles. The van der Waals surface area contributed by atoms with E-state index in [4.69, 9.17) is 17.2 Å². The number of aromatic nitrogens is 2. The highest BCUT2D eigenvalue weighted by Gasteiger charge is 2.46. The number of amides is 12. The molecule has 2 aliphatic heterocycles. The summed E-state index contributed by atoms with van der Waals surface area (Å²) < 4.78 is 0. The third-order valence-corrected chi connectivity index (χ3v) is 14.2. The number of primary amides is 2. The first-order valence-electron chi connectivity index (χ1n) is 27.6. The van der Waals surface area contributed by atoms with Crippen LogP contribution in [-0.2, 0) is 75.2 Å². The Morgan fingerprint density at radius 2 is 1.06 bits per heavy atom. The Balaban J connectivity index is 1.56. The van der Waals surface area contributed by atoms with Crippen LogP contribution < -0.4 is 59.7 Å². The summed E-state index contributed by atoms with van der Waals surface area (Å²) in [5.41, 5.74) is 16.8. The zero-order valence-electron chi connectivity index (χ0n) is 47.6. The van der Waals surface area contributed by atoms with Gasteiger partial charge >= 0.3 is 5.97 Å². The number of aromatic hydroxyl groups is 1. The number of carbonyl (C=O) groups excluding carboxylic acids is 12. The quantitative estimate of drug-likeness (QED) is 0.0309. The minimum atomic E-state index is -1.93. The molecule has 0 spiro atoms. The van der Waals surface area contributed by atoms with Gasteiger partial charge in [-0.2, -0.15) is 0 Å². The second-order valence-electron chi connectivity index (χ2n) is 20.9. The first-order valence-corrected chi connectivity index (χ1v) is 27.6. The highest BCUT2D eigenvalue weighted by molar-refractivity contribution is 6.00. The highest BCUT2D eigenvalue weighted by atomic mass is 16.4. The number of nitrogens with two attached hydrogens (primary N) is 3. The number of aliphatic carboxylic acids is 1. The number of aliphatic hydroxyl groups is 5. The number of imidazole rings is 1. The van der Waals surface area contributed by atoms with E-state index in [1.165, 1.54) is 36.8 Å². The first-order chi connectivity index (χ1) is 41.1. The van der Waals surface area contributed by atoms with Crippen molar-refractivity contribution in [3.05, 3.63) is 48.0 Å². The molecule has 0 radical (unpaired) electrons. The average Bonchev–Trinajstić information content (AvgIpc) is 2.09. The lowest BCUT2D eigenvalue weighted by Gasteiger charge is -2.34. The molecule has 35 nitrogen and oxygen atoms in total. The van der Waals surface area contributed by atoms with Crippen molar-refractivity contribution in [2.75, 3.05) is 32.9 Å². The van der Waals surface area contributed by atoms with Crippen molar-refractivity contribution < 1.29 is 98.1 Å². The minimum Gasteiger partial charge on any atom is -0.508 e. The summed E-state index contributed by atoms with van der Waals surface area (Å²) in [6.45, 7) is -0.801. The van der Waals surface area contributed by atoms with Crippen LogP contribution in [0.1, 0.15) is 76.5 Å². The topological polar surface area (TPSA) is 573 Å². The number of aromatic amines is 1. The van der Waals surface area contributed by atoms with Gasteiger partial charge in [0.05, 0.1) is 38.4 Å². The van der Waals surface area contributed by atoms with Gasteiger partial charge in [0.1, 0.15) is 72.2 Å². The molecular formula is C52H77N15O20. The Kier molecular flexibility index (Phi) is 27.3. The summed E-state index contributed by atoms with van der Waals surface area (Å²) in [7, 11) is 0. The molecule has 1 aromatic heterocycles. The fourth-order valence-electron chi connectivity index (χ4n) is 9.36. The van der Waals surface area contributed by atoms with Crippen LogP contribution in [0.25, 0.3) is 0 Å². The van der Waals surface area contributed by atoms with Gasteiger partial charge in [0.15, 0.2) is 0 Å². The summed E-state index contributed by atoms with van der Waals surface area (Å²) in [4.78, 5) is 182. The zero-order chi connectivity index (χ0) is 64.8. The summed E-state index contributed by atoms with van der Waals surface area (Å²) in [5.74, 6) is -14.1. The second kappa shape index (κ2) is 33.7. The summed E-state index contributed by atoms with van der Waals surface area (Å²) in [6, 6.07) is -12.6. The monoisotopic (exact) mass is 1230 g/mol. The number of benzene rings is 1. The number of hydrogen-bond acceptors (Lipinski definition) is 21. The minimum absolute atomic E-state index is 0.00267. The maximum atomic E-state index is 14.5. The smallest absolute Gasteiger partial charge is 0.328 e. The molecule has 1 aromatic carbocycles. The molecule has 480 valence electrons. The van der Waals surface area contributed by atoms with E-state index in [0.717, 1.165) is 23.6 Å². The van der Waals surface area contributed by atoms with Gasteiger partial charge in [-0.05, 0) is 70.1 Å². The number of phenolic OH excluding ortho intramolecular Hbond substituents is 1. The van der Waals surface area contributed by atoms with Gasteiger partial charge in [0.25, 0.3) is 0 Å². The Morgan fingerprint density at radius 3 is 1.55 bits per heavy atom. The molecule has 2 aliphatic rings. The first kappa shape index (κ1) is 70.6. The van der Waals surface area contributed by atoms with Gasteiger partial charge in [0, 0.05) is 50.7 Å². The Morgan fingerprint density at radius 1 is 0.586 bits per heavy atom. The largest absolute Gasteiger partial charge is 0.508 e. The number of likely N-dealkylation sites (tertiary alicyclic amines) is 2. The number of nitrogens with one attached hydrogen (secondary N) is 9. The molecule has 22 N–H and O–H groups in total. The van der Waals surface area contributed by atoms with Crippen molar-refractivity contribution >= 4 is 76.9 Å². The third-order valence-electron chi connectivity index (χ3n) is 14.2. The van der Waals surface area contributed by atoms with Crippen molar-refractivity contribution in [2.45, 2.75) is 157 Å². The molecule has 2 saturated heterocycles. The van der Waals surface area contributed by atoms with Gasteiger partial charge in [-0.3, -0.25) is 57.5 Å². The van der Waals surface area contributed by atoms with Crippen LogP contribution in [0.2, 0.25) is 0 Å². The van der Waals surface area contributed by atoms with Crippen molar-refractivity contribution in [1.82, 2.24) is 62.3 Å². The summed E-state index contributed by atoms with van der Waals surface area (Å²) in [5, 5.41) is 88.3. The Bertz CT molecular complexity index is 2770. The van der Waals surface area contributed by atoms with E-state index in [1.54, 1.807) is 0 Å². The van der Waals surface area contributed by atoms with E-state index in [9.17, 15) is 98.1 Å². The lowest BCUT2D eigenvalue weighted by molar-refractivity contribution is -0.149. The van der Waals surface area contributed by atoms with Crippen LogP contribution in [-0.4, -0.2) is 244 Å². The molecule has 35 heteroatoms. The predicted molar refractivity (Wildman–Crippen MR) is 296 cm³/mol. The van der Waals surface area contributed by atoms with Gasteiger partial charge in [-0.1, -0.05) is 12.1 Å². The normalized spacial score (nSPS) is 18.5. The molecule has 0 aliphatic carbocycles. The van der Waals surface area contributed by atoms with E-state index in [-0.39, 0.29) is 56.6 Å². The number of nitrogens with zero attached hydrogens (tertiary/aromatic N) is 3. The van der Waals surface area contributed by atoms with Crippen LogP contribution in [0.3, 0.4) is 0 Å². The molecule has 12 amide bonds. The summed E-state index contributed by atoms with van der Waals surface area (Å²) in [6.07, 6.45) is -2.75. The molecule has 2 aromatic rings. The SMILES string of the molecule is C[C@@H](O)[C@H](NC(=O)[C@@H]1CCCN1C(=O)[C@@H]1CCCN1C(=O)[C@@H](NC(=O)[C@H](CO)NC(=O)[C@H](Cc1ccc(O)cc1)NC(=O)[C@H](Cc1cnc[nH]1)NC(=O)[C@H](CCC(N)=O)NC(=O)[C@H](CCC(N)=O)NC(=O)[C@@H](N)CO)[C@@H](C)O)C(=O)N[C@@H](CO)C(=O)O. The average molecular weight is 1230 g/mol. The van der Waals surface area contributed by atoms with Crippen LogP contribution in [0, 0.1) is 0 Å². The van der Waals surface area contributed by atoms with E-state index in [1.807, 2.05) is 5.32 Å². The van der Waals surface area contributed by atoms with Gasteiger partial charge in [-0.25, -0.2) is 9.78 Å². The van der Waals surface area contributed by atoms with Crippen molar-refractivity contribution in [3.8, 4) is 5.75 Å². The van der Waals surface area contributed by atoms with Crippen LogP contribution >= 0.6 is 0 Å². The van der Waals surface area contributed by atoms with Crippen LogP contribution in [0.15, 0.2) is 36.8 Å². The molecule has 0 bridgehead atoms. The highest BCUT2D eigenvalue weighted by Crippen LogP contribution is 2.26. The van der Waals surface area contributed by atoms with Crippen LogP contribution in [0.5, 0.6) is 5.75 Å². The standard InChI is InChI=1S/C52H77N15O20/c1-24(71)40(49(83)63-35(22-70)52(86)87)64-48(82)36-5-3-15-66(36)50(84)37-6-4-16-67(37)51(85)41(25(2)72)65-47(81)34(21-69)62-45(79)32(17-26-7-9-28(73)10-8-26)60-46(80)33(18-27-19-56-23-57-27)61-44(78)31(12-14-39(55)75)59-43(77)30(11-13-38(54)74)58-42(76)29(53)20-68/h7-10,19,23-25,29-37,40-41,68-73H,3-6,11-18,20-22,53H2,1-2H3,(H2,54,74)(H2,55,75)(H,56,57)(H,58,76)(H,59,77)(H,60,80)(H,61,78)(H,62,79)(H,63,83)(H,64,82)(H,65,81)(H,86,87)/t24-,25-,29+,30+,31+,32+,33+,34+,35+,36+,37+,40+,41+/m1/s1. The third kappa shape index (κ3) is 20.9. The fourth-order valence-corrected chi connectivity index (χ4v) is 9.36. The van der Waals surface area contributed by atoms with Crippen molar-refractivity contribution in [3.63, 3.8) is 0 Å². The summed E-state index contributed by atoms with van der Waals surface area (Å²) >= 11 is 0. The van der Waals surface area contributed by atoms with Crippen molar-refractivity contribution in [1.29, 1.82) is 0 Å². The number of carboxylic acid groups (broad SMARTS) is 1. The lowest BCUT2D eigenvalue weighted by Crippen LogP contribution is -2.63. The molecule has 3 heterocycles. The predicted octanol–water partition coefficient (Wildman–Crippen LogP) is -9.56. The van der Waals surface area contributed by atoms with E-state index >= 15 is 0 Å². The number of aliphatic hydroxyl groups excluding tert-OH is 5. The zero-order valence-corrected chi connectivity index (χ0v) is 47.6. The van der Waals surface area contributed by atoms with Gasteiger partial charge in [0.2, 0.25) is 70.9 Å². The molecule has 87 heavy (non-hydrogen) atoms. The Labute approximate surface area is 496 Å². The fraction of sp³-hybridized carbons (Fsp3) is 0.577. The maximum Gasteiger partial charge on any atom is 0.328 e. The molecule has 0 unspecified atom stereocenters. The van der Waals surface area contributed by atoms with Crippen molar-refractivity contribution in [2.24, 2.45) is 17.2 Å².